The maximum Gasteiger partial charge on any atom is 0.408 e. The van der Waals surface area contributed by atoms with Crippen LogP contribution < -0.4 is 10.6 Å². The lowest BCUT2D eigenvalue weighted by atomic mass is 9.99. The average Bonchev–Trinajstić information content (AvgIpc) is 2.76. The third-order valence-electron chi connectivity index (χ3n) is 4.45. The Morgan fingerprint density at radius 2 is 1.91 bits per heavy atom. The molecule has 11 nitrogen and oxygen atoms in total. The van der Waals surface area contributed by atoms with E-state index >= 15 is 0 Å². The number of amides is 3. The molecule has 2 atom stereocenters. The van der Waals surface area contributed by atoms with Crippen molar-refractivity contribution in [2.24, 2.45) is 0 Å². The average molecular weight is 495 g/mol. The highest BCUT2D eigenvalue weighted by Crippen LogP contribution is 2.32. The Bertz CT molecular complexity index is 956. The van der Waals surface area contributed by atoms with Crippen molar-refractivity contribution < 1.29 is 33.8 Å². The molecule has 0 heterocycles. The number of aryl methyl sites for hydroxylation is 1. The van der Waals surface area contributed by atoms with Gasteiger partial charge in [-0.15, -0.1) is 0 Å². The third kappa shape index (κ3) is 8.15. The predicted molar refractivity (Wildman–Crippen MR) is 125 cm³/mol. The Morgan fingerprint density at radius 3 is 2.44 bits per heavy atom. The second kappa shape index (κ2) is 12.7. The quantitative estimate of drug-likeness (QED) is 0.227. The van der Waals surface area contributed by atoms with Crippen molar-refractivity contribution in [3.05, 3.63) is 29.3 Å². The molecular formula is C22H30N4O7S. The number of methoxy groups -OCH3 is 1. The van der Waals surface area contributed by atoms with Gasteiger partial charge in [-0.25, -0.2) is 4.79 Å². The van der Waals surface area contributed by atoms with Crippen LogP contribution in [0.5, 0.6) is 5.75 Å². The Labute approximate surface area is 203 Å². The molecule has 0 bridgehead atoms. The Morgan fingerprint density at radius 1 is 1.26 bits per heavy atom. The first-order chi connectivity index (χ1) is 15.9. The van der Waals surface area contributed by atoms with Gasteiger partial charge in [-0.2, -0.15) is 17.9 Å². The Balaban J connectivity index is 3.41. The zero-order valence-electron chi connectivity index (χ0n) is 19.7. The molecule has 0 aliphatic rings. The zero-order valence-corrected chi connectivity index (χ0v) is 20.6. The van der Waals surface area contributed by atoms with Gasteiger partial charge in [0.25, 0.3) is 0 Å². The van der Waals surface area contributed by atoms with E-state index in [1.54, 1.807) is 39.8 Å². The van der Waals surface area contributed by atoms with Gasteiger partial charge in [-0.1, -0.05) is 18.2 Å². The molecule has 1 aromatic carbocycles. The zero-order chi connectivity index (χ0) is 26.1. The number of carbonyl (C=O) groups is 4. The predicted octanol–water partition coefficient (Wildman–Crippen LogP) is 1.21. The minimum absolute atomic E-state index is 0.0288. The fourth-order valence-corrected chi connectivity index (χ4v) is 3.14. The Kier molecular flexibility index (Phi) is 10.7. The second-order valence-corrected chi connectivity index (χ2v) is 8.58. The van der Waals surface area contributed by atoms with Crippen LogP contribution in [0, 0.1) is 18.3 Å². The summed E-state index contributed by atoms with van der Waals surface area (Å²) < 4.78 is 9.69. The summed E-state index contributed by atoms with van der Waals surface area (Å²) in [5, 5.41) is 24.7. The minimum Gasteiger partial charge on any atom is -0.507 e. The number of hydrogen-bond donors (Lipinski definition) is 4. The summed E-state index contributed by atoms with van der Waals surface area (Å²) in [7, 11) is 1.14. The topological polar surface area (TPSA) is 158 Å². The molecule has 34 heavy (non-hydrogen) atoms. The number of nitrogens with zero attached hydrogens (tertiary/aromatic N) is 2. The van der Waals surface area contributed by atoms with E-state index in [9.17, 15) is 29.5 Å². The standard InChI is InChI=1S/C22H30N4O7S/c1-13-7-6-8-14(18(13)28)17(19(29)24-11-16(27)32-5)26(10-9-23)20(30)15(12-34)25-21(31)33-22(2,3)4/h6-8,15,17,28,34H,10-12H2,1-5H3,(H,24,29)(H,25,31). The number of phenolic OH excluding ortho intramolecular Hbond substituents is 1. The van der Waals surface area contributed by atoms with Gasteiger partial charge in [0.1, 0.15) is 36.5 Å². The number of rotatable bonds is 9. The number of alkyl carbamates (subject to hydrolysis) is 1. The van der Waals surface area contributed by atoms with Crippen LogP contribution in [0.25, 0.3) is 0 Å². The molecule has 3 N–H and O–H groups in total. The number of nitrogens with one attached hydrogen (secondary N) is 2. The van der Waals surface area contributed by atoms with Crippen molar-refractivity contribution in [1.82, 2.24) is 15.5 Å². The van der Waals surface area contributed by atoms with Crippen molar-refractivity contribution in [2.45, 2.75) is 45.4 Å². The molecular weight excluding hydrogens is 464 g/mol. The molecule has 12 heteroatoms. The lowest BCUT2D eigenvalue weighted by Crippen LogP contribution is -2.54. The maximum atomic E-state index is 13.4. The summed E-state index contributed by atoms with van der Waals surface area (Å²) in [6, 6.07) is 3.64. The number of aromatic hydroxyl groups is 1. The first-order valence-electron chi connectivity index (χ1n) is 10.3. The van der Waals surface area contributed by atoms with Crippen molar-refractivity contribution >= 4 is 36.5 Å². The molecule has 1 aromatic rings. The highest BCUT2D eigenvalue weighted by atomic mass is 32.1. The normalized spacial score (nSPS) is 12.5. The number of thiol groups is 1. The van der Waals surface area contributed by atoms with E-state index in [0.717, 1.165) is 12.0 Å². The van der Waals surface area contributed by atoms with Crippen LogP contribution in [-0.2, 0) is 23.9 Å². The summed E-state index contributed by atoms with van der Waals surface area (Å²) >= 11 is 4.12. The molecule has 0 saturated carbocycles. The third-order valence-corrected chi connectivity index (χ3v) is 4.82. The van der Waals surface area contributed by atoms with Crippen LogP contribution in [0.3, 0.4) is 0 Å². The number of para-hydroxylation sites is 1. The molecule has 0 spiro atoms. The SMILES string of the molecule is COC(=O)CNC(=O)C(c1cccc(C)c1O)N(CC#N)C(=O)C(CS)NC(=O)OC(C)(C)C. The van der Waals surface area contributed by atoms with E-state index < -0.39 is 54.7 Å². The molecule has 2 unspecified atom stereocenters. The molecule has 0 radical (unpaired) electrons. The number of esters is 1. The summed E-state index contributed by atoms with van der Waals surface area (Å²) in [6.45, 7) is 5.47. The van der Waals surface area contributed by atoms with Crippen LogP contribution in [0.15, 0.2) is 18.2 Å². The molecule has 186 valence electrons. The van der Waals surface area contributed by atoms with E-state index in [0.29, 0.717) is 5.56 Å². The number of benzene rings is 1. The number of carbonyl (C=O) groups excluding carboxylic acids is 4. The Hall–Kier alpha value is -3.46. The second-order valence-electron chi connectivity index (χ2n) is 8.21. The highest BCUT2D eigenvalue weighted by molar-refractivity contribution is 7.80. The molecule has 0 aliphatic carbocycles. The molecule has 0 fully saturated rings. The van der Waals surface area contributed by atoms with Gasteiger partial charge < -0.3 is 30.1 Å². The minimum atomic E-state index is -1.50. The van der Waals surface area contributed by atoms with Crippen molar-refractivity contribution in [3.8, 4) is 11.8 Å². The van der Waals surface area contributed by atoms with Crippen LogP contribution in [0.2, 0.25) is 0 Å². The van der Waals surface area contributed by atoms with Gasteiger partial charge in [0.2, 0.25) is 11.8 Å². The molecule has 1 rings (SSSR count). The summed E-state index contributed by atoms with van der Waals surface area (Å²) in [5.41, 5.74) is -0.379. The van der Waals surface area contributed by atoms with Gasteiger partial charge in [-0.05, 0) is 33.3 Å². The number of phenols is 1. The van der Waals surface area contributed by atoms with Gasteiger partial charge in [0, 0.05) is 11.3 Å². The molecule has 0 aliphatic heterocycles. The smallest absolute Gasteiger partial charge is 0.408 e. The first-order valence-corrected chi connectivity index (χ1v) is 10.9. The molecule has 3 amide bonds. The lowest BCUT2D eigenvalue weighted by molar-refractivity contribution is -0.144. The number of nitriles is 1. The maximum absolute atomic E-state index is 13.4. The molecule has 0 aromatic heterocycles. The van der Waals surface area contributed by atoms with Gasteiger partial charge in [-0.3, -0.25) is 14.4 Å². The molecule has 0 saturated heterocycles. The largest absolute Gasteiger partial charge is 0.507 e. The summed E-state index contributed by atoms with van der Waals surface area (Å²) in [5.74, 6) is -2.83. The summed E-state index contributed by atoms with van der Waals surface area (Å²) in [4.78, 5) is 51.1. The number of hydrogen-bond acceptors (Lipinski definition) is 9. The van der Waals surface area contributed by atoms with E-state index in [-0.39, 0.29) is 17.1 Å². The van der Waals surface area contributed by atoms with Crippen LogP contribution in [-0.4, -0.2) is 71.5 Å². The fraction of sp³-hybridized carbons (Fsp3) is 0.500. The van der Waals surface area contributed by atoms with E-state index in [2.05, 4.69) is 28.0 Å². The van der Waals surface area contributed by atoms with Crippen LogP contribution >= 0.6 is 12.6 Å². The van der Waals surface area contributed by atoms with Crippen molar-refractivity contribution in [2.75, 3.05) is 26.0 Å². The van der Waals surface area contributed by atoms with Gasteiger partial charge >= 0.3 is 12.1 Å². The highest BCUT2D eigenvalue weighted by Gasteiger charge is 2.37. The fourth-order valence-electron chi connectivity index (χ4n) is 2.89. The van der Waals surface area contributed by atoms with Gasteiger partial charge in [0.15, 0.2) is 0 Å². The van der Waals surface area contributed by atoms with Crippen LogP contribution in [0.4, 0.5) is 4.79 Å². The monoisotopic (exact) mass is 494 g/mol. The van der Waals surface area contributed by atoms with Gasteiger partial charge in [0.05, 0.1) is 13.2 Å². The number of ether oxygens (including phenoxy) is 2. The first kappa shape index (κ1) is 28.6. The van der Waals surface area contributed by atoms with E-state index in [4.69, 9.17) is 4.74 Å². The lowest BCUT2D eigenvalue weighted by Gasteiger charge is -2.32. The van der Waals surface area contributed by atoms with E-state index in [1.807, 2.05) is 6.07 Å². The summed E-state index contributed by atoms with van der Waals surface area (Å²) in [6.07, 6.45) is -0.887. The van der Waals surface area contributed by atoms with Crippen molar-refractivity contribution in [3.63, 3.8) is 0 Å². The van der Waals surface area contributed by atoms with E-state index in [1.165, 1.54) is 6.07 Å². The van der Waals surface area contributed by atoms with Crippen molar-refractivity contribution in [1.29, 1.82) is 5.26 Å². The van der Waals surface area contributed by atoms with Crippen LogP contribution in [0.1, 0.15) is 37.9 Å².